The third-order valence-electron chi connectivity index (χ3n) is 3.49. The Morgan fingerprint density at radius 2 is 2.10 bits per heavy atom. The molecule has 2 aliphatic rings. The third kappa shape index (κ3) is 2.97. The van der Waals surface area contributed by atoms with Crippen LogP contribution in [0.2, 0.25) is 0 Å². The Balaban J connectivity index is 1.95. The summed E-state index contributed by atoms with van der Waals surface area (Å²) in [6, 6.07) is -1.30. The minimum atomic E-state index is -1.06. The van der Waals surface area contributed by atoms with E-state index < -0.39 is 47.9 Å². The van der Waals surface area contributed by atoms with Gasteiger partial charge < -0.3 is 20.5 Å². The van der Waals surface area contributed by atoms with Crippen LogP contribution < -0.4 is 10.6 Å². The summed E-state index contributed by atoms with van der Waals surface area (Å²) in [6.45, 7) is 2.74. The summed E-state index contributed by atoms with van der Waals surface area (Å²) in [5, 5.41) is 13.9. The molecule has 2 rings (SSSR count). The maximum Gasteiger partial charge on any atom is 0.325 e. The quantitative estimate of drug-likeness (QED) is 0.544. The van der Waals surface area contributed by atoms with Gasteiger partial charge in [0.1, 0.15) is 18.0 Å². The van der Waals surface area contributed by atoms with Crippen LogP contribution >= 0.6 is 0 Å². The van der Waals surface area contributed by atoms with Crippen LogP contribution in [-0.4, -0.2) is 65.2 Å². The largest absolute Gasteiger partial charge is 0.481 e. The minimum absolute atomic E-state index is 0.0242. The molecular formula is C12H17N3O6. The SMILES string of the molecule is CC1(C)NC(=O)N(CC(=O)NC2COCC2C(=O)O)C1=O. The molecule has 2 atom stereocenters. The van der Waals surface area contributed by atoms with Crippen LogP contribution in [-0.2, 0) is 19.1 Å². The number of nitrogens with one attached hydrogen (secondary N) is 2. The fraction of sp³-hybridized carbons (Fsp3) is 0.667. The number of carboxylic acid groups (broad SMARTS) is 1. The molecule has 0 aromatic rings. The Morgan fingerprint density at radius 1 is 1.43 bits per heavy atom. The fourth-order valence-electron chi connectivity index (χ4n) is 2.30. The van der Waals surface area contributed by atoms with Gasteiger partial charge in [-0.05, 0) is 13.8 Å². The highest BCUT2D eigenvalue weighted by atomic mass is 16.5. The highest BCUT2D eigenvalue weighted by molar-refractivity contribution is 6.08. The lowest BCUT2D eigenvalue weighted by Crippen LogP contribution is -2.48. The van der Waals surface area contributed by atoms with Crippen molar-refractivity contribution in [2.75, 3.05) is 19.8 Å². The van der Waals surface area contributed by atoms with E-state index in [0.29, 0.717) is 0 Å². The number of rotatable bonds is 4. The molecule has 0 spiro atoms. The standard InChI is InChI=1S/C12H17N3O6/c1-12(2)10(19)15(11(20)14-12)3-8(16)13-7-5-21-4-6(7)9(17)18/h6-7H,3-5H2,1-2H3,(H,13,16)(H,14,20)(H,17,18). The molecule has 21 heavy (non-hydrogen) atoms. The van der Waals surface area contributed by atoms with Crippen molar-refractivity contribution in [2.45, 2.75) is 25.4 Å². The van der Waals surface area contributed by atoms with E-state index in [0.717, 1.165) is 4.90 Å². The van der Waals surface area contributed by atoms with Crippen LogP contribution in [0.15, 0.2) is 0 Å². The van der Waals surface area contributed by atoms with Crippen LogP contribution in [0.25, 0.3) is 0 Å². The molecular weight excluding hydrogens is 282 g/mol. The van der Waals surface area contributed by atoms with Crippen molar-refractivity contribution in [1.29, 1.82) is 0 Å². The number of carboxylic acids is 1. The first-order valence-electron chi connectivity index (χ1n) is 6.46. The Bertz CT molecular complexity index is 503. The number of ether oxygens (including phenoxy) is 1. The van der Waals surface area contributed by atoms with Crippen molar-refractivity contribution >= 4 is 23.8 Å². The molecule has 2 aliphatic heterocycles. The summed E-state index contributed by atoms with van der Waals surface area (Å²) >= 11 is 0. The molecule has 2 fully saturated rings. The molecule has 3 N–H and O–H groups in total. The summed E-state index contributed by atoms with van der Waals surface area (Å²) < 4.78 is 5.02. The maximum absolute atomic E-state index is 11.9. The van der Waals surface area contributed by atoms with E-state index >= 15 is 0 Å². The number of hydrogen-bond acceptors (Lipinski definition) is 5. The van der Waals surface area contributed by atoms with E-state index in [2.05, 4.69) is 10.6 Å². The van der Waals surface area contributed by atoms with Gasteiger partial charge in [0.15, 0.2) is 0 Å². The van der Waals surface area contributed by atoms with E-state index in [9.17, 15) is 19.2 Å². The smallest absolute Gasteiger partial charge is 0.325 e. The van der Waals surface area contributed by atoms with Gasteiger partial charge in [0.05, 0.1) is 19.3 Å². The fourth-order valence-corrected chi connectivity index (χ4v) is 2.30. The number of carbonyl (C=O) groups is 4. The van der Waals surface area contributed by atoms with Crippen LogP contribution in [0, 0.1) is 5.92 Å². The van der Waals surface area contributed by atoms with Crippen molar-refractivity contribution in [3.8, 4) is 0 Å². The van der Waals surface area contributed by atoms with Gasteiger partial charge in [-0.25, -0.2) is 4.79 Å². The Hall–Kier alpha value is -2.16. The predicted molar refractivity (Wildman–Crippen MR) is 68.2 cm³/mol. The molecule has 0 aromatic carbocycles. The van der Waals surface area contributed by atoms with Crippen molar-refractivity contribution in [3.63, 3.8) is 0 Å². The zero-order valence-electron chi connectivity index (χ0n) is 11.7. The number of imide groups is 1. The molecule has 0 radical (unpaired) electrons. The molecule has 116 valence electrons. The van der Waals surface area contributed by atoms with E-state index in [1.165, 1.54) is 13.8 Å². The first kappa shape index (κ1) is 15.2. The molecule has 9 nitrogen and oxygen atoms in total. The van der Waals surface area contributed by atoms with Gasteiger partial charge in [-0.2, -0.15) is 0 Å². The number of aliphatic carboxylic acids is 1. The monoisotopic (exact) mass is 299 g/mol. The third-order valence-corrected chi connectivity index (χ3v) is 3.49. The Kier molecular flexibility index (Phi) is 3.86. The predicted octanol–water partition coefficient (Wildman–Crippen LogP) is -1.47. The molecule has 2 saturated heterocycles. The van der Waals surface area contributed by atoms with Crippen LogP contribution in [0.4, 0.5) is 4.79 Å². The first-order chi connectivity index (χ1) is 9.72. The van der Waals surface area contributed by atoms with Crippen LogP contribution in [0.5, 0.6) is 0 Å². The average molecular weight is 299 g/mol. The number of amides is 4. The topological polar surface area (TPSA) is 125 Å². The molecule has 0 aliphatic carbocycles. The molecule has 0 aromatic heterocycles. The molecule has 2 heterocycles. The lowest BCUT2D eigenvalue weighted by atomic mass is 10.0. The molecule has 9 heteroatoms. The van der Waals surface area contributed by atoms with Gasteiger partial charge >= 0.3 is 12.0 Å². The normalized spacial score (nSPS) is 27.6. The Morgan fingerprint density at radius 3 is 2.62 bits per heavy atom. The Labute approximate surface area is 120 Å². The molecule has 0 bridgehead atoms. The van der Waals surface area contributed by atoms with E-state index in [4.69, 9.17) is 9.84 Å². The van der Waals surface area contributed by atoms with Crippen molar-refractivity contribution < 1.29 is 29.0 Å². The summed E-state index contributed by atoms with van der Waals surface area (Å²) in [5.74, 6) is -2.99. The highest BCUT2D eigenvalue weighted by Crippen LogP contribution is 2.17. The second kappa shape index (κ2) is 5.32. The summed E-state index contributed by atoms with van der Waals surface area (Å²) in [4.78, 5) is 47.2. The average Bonchev–Trinajstić information content (AvgIpc) is 2.88. The molecule has 2 unspecified atom stereocenters. The van der Waals surface area contributed by atoms with Crippen LogP contribution in [0.3, 0.4) is 0 Å². The molecule has 0 saturated carbocycles. The summed E-state index contributed by atoms with van der Waals surface area (Å²) in [7, 11) is 0. The number of nitrogens with zero attached hydrogens (tertiary/aromatic N) is 1. The zero-order chi connectivity index (χ0) is 15.8. The van der Waals surface area contributed by atoms with Crippen molar-refractivity contribution in [2.24, 2.45) is 5.92 Å². The second-order valence-corrected chi connectivity index (χ2v) is 5.60. The van der Waals surface area contributed by atoms with Gasteiger partial charge in [-0.15, -0.1) is 0 Å². The second-order valence-electron chi connectivity index (χ2n) is 5.60. The first-order valence-corrected chi connectivity index (χ1v) is 6.46. The van der Waals surface area contributed by atoms with Gasteiger partial charge in [0.2, 0.25) is 5.91 Å². The van der Waals surface area contributed by atoms with Gasteiger partial charge in [-0.1, -0.05) is 0 Å². The van der Waals surface area contributed by atoms with Crippen LogP contribution in [0.1, 0.15) is 13.8 Å². The van der Waals surface area contributed by atoms with Crippen molar-refractivity contribution in [3.05, 3.63) is 0 Å². The lowest BCUT2D eigenvalue weighted by molar-refractivity contribution is -0.142. The van der Waals surface area contributed by atoms with E-state index in [-0.39, 0.29) is 13.2 Å². The minimum Gasteiger partial charge on any atom is -0.481 e. The lowest BCUT2D eigenvalue weighted by Gasteiger charge is -2.19. The number of urea groups is 1. The zero-order valence-corrected chi connectivity index (χ0v) is 11.7. The van der Waals surface area contributed by atoms with Gasteiger partial charge in [0, 0.05) is 0 Å². The number of carbonyl (C=O) groups excluding carboxylic acids is 3. The number of hydrogen-bond donors (Lipinski definition) is 3. The van der Waals surface area contributed by atoms with E-state index in [1.807, 2.05) is 0 Å². The van der Waals surface area contributed by atoms with Gasteiger partial charge in [-0.3, -0.25) is 19.3 Å². The van der Waals surface area contributed by atoms with Crippen molar-refractivity contribution in [1.82, 2.24) is 15.5 Å². The molecule has 4 amide bonds. The highest BCUT2D eigenvalue weighted by Gasteiger charge is 2.45. The summed E-state index contributed by atoms with van der Waals surface area (Å²) in [6.07, 6.45) is 0. The maximum atomic E-state index is 11.9. The summed E-state index contributed by atoms with van der Waals surface area (Å²) in [5.41, 5.74) is -1.04. The van der Waals surface area contributed by atoms with E-state index in [1.54, 1.807) is 0 Å². The van der Waals surface area contributed by atoms with Gasteiger partial charge in [0.25, 0.3) is 5.91 Å².